The quantitative estimate of drug-likeness (QED) is 0.773. The molecule has 1 fully saturated rings. The molecular weight excluding hydrogens is 218 g/mol. The van der Waals surface area contributed by atoms with E-state index in [1.807, 2.05) is 19.1 Å². The number of nitrogens with one attached hydrogen (secondary N) is 1. The van der Waals surface area contributed by atoms with Crippen LogP contribution in [0.1, 0.15) is 13.3 Å². The SMILES string of the molecule is CC(C(=O)Nc1ccccc1N)N1CCCO1. The van der Waals surface area contributed by atoms with Crippen molar-refractivity contribution in [3.63, 3.8) is 0 Å². The van der Waals surface area contributed by atoms with Crippen molar-refractivity contribution in [3.8, 4) is 0 Å². The van der Waals surface area contributed by atoms with Crippen LogP contribution in [0, 0.1) is 0 Å². The van der Waals surface area contributed by atoms with Crippen molar-refractivity contribution in [1.82, 2.24) is 5.06 Å². The number of carbonyl (C=O) groups is 1. The third-order valence-electron chi connectivity index (χ3n) is 2.81. The molecule has 3 N–H and O–H groups in total. The summed E-state index contributed by atoms with van der Waals surface area (Å²) in [7, 11) is 0. The molecule has 0 aromatic heterocycles. The second kappa shape index (κ2) is 5.16. The van der Waals surface area contributed by atoms with Crippen molar-refractivity contribution in [1.29, 1.82) is 0 Å². The van der Waals surface area contributed by atoms with Gasteiger partial charge in [0.05, 0.1) is 18.0 Å². The molecule has 0 bridgehead atoms. The molecule has 0 saturated carbocycles. The fraction of sp³-hybridized carbons (Fsp3) is 0.417. The number of anilines is 2. The topological polar surface area (TPSA) is 67.6 Å². The number of para-hydroxylation sites is 2. The number of hydrogen-bond acceptors (Lipinski definition) is 4. The number of carbonyl (C=O) groups excluding carboxylic acids is 1. The summed E-state index contributed by atoms with van der Waals surface area (Å²) in [5.41, 5.74) is 6.97. The Morgan fingerprint density at radius 2 is 2.29 bits per heavy atom. The Morgan fingerprint density at radius 3 is 2.94 bits per heavy atom. The number of hydroxylamine groups is 2. The molecule has 5 nitrogen and oxygen atoms in total. The molecule has 1 saturated heterocycles. The van der Waals surface area contributed by atoms with Crippen LogP contribution in [0.3, 0.4) is 0 Å². The third-order valence-corrected chi connectivity index (χ3v) is 2.81. The summed E-state index contributed by atoms with van der Waals surface area (Å²) in [6.07, 6.45) is 0.963. The third kappa shape index (κ3) is 2.75. The first-order valence-corrected chi connectivity index (χ1v) is 5.73. The van der Waals surface area contributed by atoms with E-state index in [-0.39, 0.29) is 11.9 Å². The molecule has 1 aliphatic heterocycles. The van der Waals surface area contributed by atoms with Gasteiger partial charge in [-0.1, -0.05) is 12.1 Å². The highest BCUT2D eigenvalue weighted by Crippen LogP contribution is 2.18. The van der Waals surface area contributed by atoms with E-state index in [1.54, 1.807) is 17.2 Å². The van der Waals surface area contributed by atoms with Crippen molar-refractivity contribution in [2.45, 2.75) is 19.4 Å². The summed E-state index contributed by atoms with van der Waals surface area (Å²) < 4.78 is 0. The van der Waals surface area contributed by atoms with Crippen LogP contribution in [0.2, 0.25) is 0 Å². The Balaban J connectivity index is 1.99. The number of amides is 1. The Kier molecular flexibility index (Phi) is 3.61. The van der Waals surface area contributed by atoms with Gasteiger partial charge in [-0.05, 0) is 25.5 Å². The molecule has 1 atom stereocenters. The lowest BCUT2D eigenvalue weighted by Crippen LogP contribution is -2.39. The average molecular weight is 235 g/mol. The van der Waals surface area contributed by atoms with Crippen LogP contribution in [0.25, 0.3) is 0 Å². The van der Waals surface area contributed by atoms with Crippen molar-refractivity contribution in [3.05, 3.63) is 24.3 Å². The molecule has 1 aromatic carbocycles. The van der Waals surface area contributed by atoms with E-state index in [0.29, 0.717) is 18.0 Å². The van der Waals surface area contributed by atoms with E-state index < -0.39 is 0 Å². The minimum atomic E-state index is -0.308. The van der Waals surface area contributed by atoms with Gasteiger partial charge in [-0.25, -0.2) is 0 Å². The Bertz CT molecular complexity index is 402. The zero-order valence-electron chi connectivity index (χ0n) is 9.85. The van der Waals surface area contributed by atoms with Crippen LogP contribution in [0.15, 0.2) is 24.3 Å². The van der Waals surface area contributed by atoms with Crippen molar-refractivity contribution < 1.29 is 9.63 Å². The van der Waals surface area contributed by atoms with Crippen LogP contribution in [-0.4, -0.2) is 30.2 Å². The second-order valence-corrected chi connectivity index (χ2v) is 4.08. The summed E-state index contributed by atoms with van der Waals surface area (Å²) >= 11 is 0. The number of nitrogen functional groups attached to an aromatic ring is 1. The molecule has 2 rings (SSSR count). The van der Waals surface area contributed by atoms with E-state index >= 15 is 0 Å². The number of nitrogens with two attached hydrogens (primary N) is 1. The van der Waals surface area contributed by atoms with Gasteiger partial charge >= 0.3 is 0 Å². The zero-order chi connectivity index (χ0) is 12.3. The molecule has 92 valence electrons. The van der Waals surface area contributed by atoms with Crippen LogP contribution < -0.4 is 11.1 Å². The molecule has 1 aromatic rings. The van der Waals surface area contributed by atoms with Crippen LogP contribution in [0.4, 0.5) is 11.4 Å². The normalized spacial score (nSPS) is 17.9. The van der Waals surface area contributed by atoms with Gasteiger partial charge in [0.2, 0.25) is 5.91 Å². The van der Waals surface area contributed by atoms with Gasteiger partial charge in [0.1, 0.15) is 6.04 Å². The Labute approximate surface area is 100 Å². The molecular formula is C12H17N3O2. The van der Waals surface area contributed by atoms with E-state index in [2.05, 4.69) is 5.32 Å². The summed E-state index contributed by atoms with van der Waals surface area (Å²) in [5, 5.41) is 4.50. The number of rotatable bonds is 3. The monoisotopic (exact) mass is 235 g/mol. The Morgan fingerprint density at radius 1 is 1.53 bits per heavy atom. The summed E-state index contributed by atoms with van der Waals surface area (Å²) in [6, 6.07) is 6.90. The number of hydrogen-bond donors (Lipinski definition) is 2. The lowest BCUT2D eigenvalue weighted by atomic mass is 10.2. The fourth-order valence-corrected chi connectivity index (χ4v) is 1.75. The molecule has 1 heterocycles. The van der Waals surface area contributed by atoms with Crippen LogP contribution in [0.5, 0.6) is 0 Å². The maximum atomic E-state index is 12.0. The molecule has 17 heavy (non-hydrogen) atoms. The molecule has 1 unspecified atom stereocenters. The van der Waals surface area contributed by atoms with Crippen molar-refractivity contribution in [2.75, 3.05) is 24.2 Å². The number of benzene rings is 1. The van der Waals surface area contributed by atoms with Gasteiger partial charge in [0, 0.05) is 6.54 Å². The first-order chi connectivity index (χ1) is 8.18. The Hall–Kier alpha value is -1.59. The molecule has 0 aliphatic carbocycles. The highest BCUT2D eigenvalue weighted by atomic mass is 16.7. The zero-order valence-corrected chi connectivity index (χ0v) is 9.85. The van der Waals surface area contributed by atoms with Gasteiger partial charge in [-0.3, -0.25) is 9.63 Å². The van der Waals surface area contributed by atoms with E-state index in [0.717, 1.165) is 13.0 Å². The van der Waals surface area contributed by atoms with Gasteiger partial charge in [-0.2, -0.15) is 5.06 Å². The van der Waals surface area contributed by atoms with Gasteiger partial charge in [0.15, 0.2) is 0 Å². The fourth-order valence-electron chi connectivity index (χ4n) is 1.75. The standard InChI is InChI=1S/C12H17N3O2/c1-9(15-7-4-8-17-15)12(16)14-11-6-3-2-5-10(11)13/h2-3,5-6,9H,4,7-8,13H2,1H3,(H,14,16). The molecule has 5 heteroatoms. The van der Waals surface area contributed by atoms with E-state index in [4.69, 9.17) is 10.6 Å². The first kappa shape index (κ1) is 11.9. The van der Waals surface area contributed by atoms with Crippen LogP contribution in [-0.2, 0) is 9.63 Å². The molecule has 1 amide bonds. The summed E-state index contributed by atoms with van der Waals surface area (Å²) in [5.74, 6) is -0.107. The molecule has 0 radical (unpaired) electrons. The minimum Gasteiger partial charge on any atom is -0.397 e. The van der Waals surface area contributed by atoms with Crippen molar-refractivity contribution >= 4 is 17.3 Å². The van der Waals surface area contributed by atoms with Gasteiger partial charge < -0.3 is 11.1 Å². The maximum absolute atomic E-state index is 12.0. The van der Waals surface area contributed by atoms with E-state index in [1.165, 1.54) is 0 Å². The lowest BCUT2D eigenvalue weighted by Gasteiger charge is -2.21. The van der Waals surface area contributed by atoms with Gasteiger partial charge in [-0.15, -0.1) is 0 Å². The van der Waals surface area contributed by atoms with Gasteiger partial charge in [0.25, 0.3) is 0 Å². The summed E-state index contributed by atoms with van der Waals surface area (Å²) in [6.45, 7) is 3.30. The molecule has 0 spiro atoms. The van der Waals surface area contributed by atoms with E-state index in [9.17, 15) is 4.79 Å². The predicted molar refractivity (Wildman–Crippen MR) is 66.2 cm³/mol. The number of nitrogens with zero attached hydrogens (tertiary/aromatic N) is 1. The smallest absolute Gasteiger partial charge is 0.243 e. The highest BCUT2D eigenvalue weighted by molar-refractivity contribution is 5.96. The first-order valence-electron chi connectivity index (χ1n) is 5.73. The van der Waals surface area contributed by atoms with Crippen molar-refractivity contribution in [2.24, 2.45) is 0 Å². The lowest BCUT2D eigenvalue weighted by molar-refractivity contribution is -0.154. The predicted octanol–water partition coefficient (Wildman–Crippen LogP) is 1.23. The van der Waals surface area contributed by atoms with Crippen LogP contribution >= 0.6 is 0 Å². The summed E-state index contributed by atoms with van der Waals surface area (Å²) in [4.78, 5) is 17.3. The molecule has 1 aliphatic rings. The average Bonchev–Trinajstić information content (AvgIpc) is 2.84. The highest BCUT2D eigenvalue weighted by Gasteiger charge is 2.25. The largest absolute Gasteiger partial charge is 0.397 e. The minimum absolute atomic E-state index is 0.107. The second-order valence-electron chi connectivity index (χ2n) is 4.08. The maximum Gasteiger partial charge on any atom is 0.243 e.